The molecule has 0 bridgehead atoms. The molecule has 25 heavy (non-hydrogen) atoms. The molecule has 1 heterocycles. The second-order valence-electron chi connectivity index (χ2n) is 5.50. The van der Waals surface area contributed by atoms with Crippen molar-refractivity contribution in [3.8, 4) is 0 Å². The summed E-state index contributed by atoms with van der Waals surface area (Å²) in [7, 11) is 0. The molecule has 2 rings (SSSR count). The molecule has 1 unspecified atom stereocenters. The van der Waals surface area contributed by atoms with Gasteiger partial charge in [0.25, 0.3) is 5.91 Å². The van der Waals surface area contributed by atoms with E-state index >= 15 is 0 Å². The summed E-state index contributed by atoms with van der Waals surface area (Å²) in [5.41, 5.74) is -0.000278. The number of hydrogen-bond acceptors (Lipinski definition) is 4. The number of esters is 1. The molecule has 0 saturated heterocycles. The van der Waals surface area contributed by atoms with Crippen LogP contribution >= 0.6 is 0 Å². The number of alkyl halides is 3. The van der Waals surface area contributed by atoms with Gasteiger partial charge < -0.3 is 10.1 Å². The van der Waals surface area contributed by atoms with Crippen LogP contribution in [0.5, 0.6) is 0 Å². The van der Waals surface area contributed by atoms with Gasteiger partial charge in [0.1, 0.15) is 6.04 Å². The summed E-state index contributed by atoms with van der Waals surface area (Å²) in [4.78, 5) is 36.1. The number of hydrogen-bond donors (Lipinski definition) is 1. The number of halogens is 3. The van der Waals surface area contributed by atoms with Gasteiger partial charge in [0.05, 0.1) is 17.8 Å². The number of para-hydroxylation sites is 2. The second-order valence-corrected chi connectivity index (χ2v) is 5.50. The van der Waals surface area contributed by atoms with Crippen molar-refractivity contribution in [3.63, 3.8) is 0 Å². The average Bonchev–Trinajstić information content (AvgIpc) is 2.68. The van der Waals surface area contributed by atoms with Gasteiger partial charge in [-0.25, -0.2) is 0 Å². The molecule has 1 N–H and O–H groups in total. The van der Waals surface area contributed by atoms with Crippen molar-refractivity contribution in [1.82, 2.24) is 0 Å². The Kier molecular flexibility index (Phi) is 5.66. The van der Waals surface area contributed by atoms with Gasteiger partial charge in [0.15, 0.2) is 6.61 Å². The molecule has 9 heteroatoms. The molecular weight excluding hydrogens is 341 g/mol. The molecule has 1 aliphatic rings. The van der Waals surface area contributed by atoms with Crippen LogP contribution in [-0.4, -0.2) is 36.6 Å². The minimum absolute atomic E-state index is 0.0621. The number of nitrogens with zero attached hydrogens (tertiary/aromatic N) is 1. The SMILES string of the molecule is CCCC(=O)OCC(=O)N1c2ccccc2NC(=O)CC1C(F)(F)F. The van der Waals surface area contributed by atoms with Crippen LogP contribution < -0.4 is 10.2 Å². The summed E-state index contributed by atoms with van der Waals surface area (Å²) in [5, 5.41) is 2.35. The van der Waals surface area contributed by atoms with Gasteiger partial charge >= 0.3 is 12.1 Å². The van der Waals surface area contributed by atoms with Gasteiger partial charge in [-0.3, -0.25) is 19.3 Å². The van der Waals surface area contributed by atoms with Crippen LogP contribution in [0.4, 0.5) is 24.5 Å². The van der Waals surface area contributed by atoms with Crippen LogP contribution in [0.15, 0.2) is 24.3 Å². The lowest BCUT2D eigenvalue weighted by atomic mass is 10.1. The molecule has 0 aliphatic carbocycles. The van der Waals surface area contributed by atoms with E-state index in [9.17, 15) is 27.6 Å². The minimum atomic E-state index is -4.82. The average molecular weight is 358 g/mol. The van der Waals surface area contributed by atoms with E-state index in [-0.39, 0.29) is 17.8 Å². The van der Waals surface area contributed by atoms with Crippen LogP contribution in [0, 0.1) is 0 Å². The Morgan fingerprint density at radius 3 is 2.64 bits per heavy atom. The zero-order valence-corrected chi connectivity index (χ0v) is 13.4. The van der Waals surface area contributed by atoms with E-state index in [1.165, 1.54) is 24.3 Å². The van der Waals surface area contributed by atoms with Crippen molar-refractivity contribution < 1.29 is 32.3 Å². The molecule has 1 aromatic rings. The van der Waals surface area contributed by atoms with Crippen LogP contribution in [-0.2, 0) is 19.1 Å². The highest BCUT2D eigenvalue weighted by Gasteiger charge is 2.49. The Labute approximate surface area is 141 Å². The maximum Gasteiger partial charge on any atom is 0.409 e. The Bertz CT molecular complexity index is 676. The van der Waals surface area contributed by atoms with E-state index in [1.807, 2.05) is 0 Å². The Morgan fingerprint density at radius 2 is 2.00 bits per heavy atom. The number of ether oxygens (including phenoxy) is 1. The Balaban J connectivity index is 2.36. The monoisotopic (exact) mass is 358 g/mol. The molecule has 1 atom stereocenters. The summed E-state index contributed by atoms with van der Waals surface area (Å²) in [5.74, 6) is -2.57. The molecular formula is C16H17F3N2O4. The molecule has 6 nitrogen and oxygen atoms in total. The van der Waals surface area contributed by atoms with Gasteiger partial charge in [-0.15, -0.1) is 0 Å². The fourth-order valence-corrected chi connectivity index (χ4v) is 2.48. The first kappa shape index (κ1) is 18.8. The number of carbonyl (C=O) groups is 3. The van der Waals surface area contributed by atoms with Crippen LogP contribution in [0.3, 0.4) is 0 Å². The normalized spacial score (nSPS) is 17.4. The molecule has 1 aliphatic heterocycles. The summed E-state index contributed by atoms with van der Waals surface area (Å²) < 4.78 is 45.1. The second kappa shape index (κ2) is 7.54. The third-order valence-electron chi connectivity index (χ3n) is 3.59. The van der Waals surface area contributed by atoms with Crippen molar-refractivity contribution in [2.24, 2.45) is 0 Å². The molecule has 0 fully saturated rings. The lowest BCUT2D eigenvalue weighted by Gasteiger charge is -2.31. The molecule has 1 aromatic carbocycles. The Morgan fingerprint density at radius 1 is 1.32 bits per heavy atom. The van der Waals surface area contributed by atoms with Gasteiger partial charge in [0.2, 0.25) is 5.91 Å². The maximum atomic E-state index is 13.4. The number of amides is 2. The summed E-state index contributed by atoms with van der Waals surface area (Å²) in [6.45, 7) is 0.902. The Hall–Kier alpha value is -2.58. The van der Waals surface area contributed by atoms with E-state index in [2.05, 4.69) is 5.32 Å². The highest BCUT2D eigenvalue weighted by molar-refractivity contribution is 6.05. The first-order valence-corrected chi connectivity index (χ1v) is 7.67. The largest absolute Gasteiger partial charge is 0.456 e. The zero-order valence-electron chi connectivity index (χ0n) is 13.4. The van der Waals surface area contributed by atoms with E-state index < -0.39 is 43.0 Å². The first-order valence-electron chi connectivity index (χ1n) is 7.67. The van der Waals surface area contributed by atoms with Crippen molar-refractivity contribution in [3.05, 3.63) is 24.3 Å². The maximum absolute atomic E-state index is 13.4. The van der Waals surface area contributed by atoms with Crippen LogP contribution in [0.25, 0.3) is 0 Å². The minimum Gasteiger partial charge on any atom is -0.456 e. The van der Waals surface area contributed by atoms with Crippen LogP contribution in [0.1, 0.15) is 26.2 Å². The van der Waals surface area contributed by atoms with Gasteiger partial charge in [-0.1, -0.05) is 19.1 Å². The molecule has 136 valence electrons. The first-order chi connectivity index (χ1) is 11.7. The van der Waals surface area contributed by atoms with E-state index in [0.717, 1.165) is 0 Å². The van der Waals surface area contributed by atoms with Crippen molar-refractivity contribution in [2.75, 3.05) is 16.8 Å². The number of carbonyl (C=O) groups excluding carboxylic acids is 3. The molecule has 0 spiro atoms. The summed E-state index contributed by atoms with van der Waals surface area (Å²) in [6.07, 6.45) is -5.21. The van der Waals surface area contributed by atoms with Crippen LogP contribution in [0.2, 0.25) is 0 Å². The molecule has 0 saturated carbocycles. The number of anilines is 2. The highest BCUT2D eigenvalue weighted by atomic mass is 19.4. The lowest BCUT2D eigenvalue weighted by Crippen LogP contribution is -2.51. The quantitative estimate of drug-likeness (QED) is 0.840. The predicted molar refractivity (Wildman–Crippen MR) is 82.9 cm³/mol. The number of nitrogens with one attached hydrogen (secondary N) is 1. The fourth-order valence-electron chi connectivity index (χ4n) is 2.48. The molecule has 0 aromatic heterocycles. The fraction of sp³-hybridized carbons (Fsp3) is 0.438. The third-order valence-corrected chi connectivity index (χ3v) is 3.59. The topological polar surface area (TPSA) is 75.7 Å². The zero-order chi connectivity index (χ0) is 18.6. The molecule has 0 radical (unpaired) electrons. The van der Waals surface area contributed by atoms with Crippen molar-refractivity contribution in [1.29, 1.82) is 0 Å². The number of rotatable bonds is 4. The van der Waals surface area contributed by atoms with E-state index in [4.69, 9.17) is 4.74 Å². The summed E-state index contributed by atoms with van der Waals surface area (Å²) >= 11 is 0. The smallest absolute Gasteiger partial charge is 0.409 e. The lowest BCUT2D eigenvalue weighted by molar-refractivity contribution is -0.160. The predicted octanol–water partition coefficient (Wildman–Crippen LogP) is 2.64. The van der Waals surface area contributed by atoms with E-state index in [0.29, 0.717) is 11.3 Å². The third kappa shape index (κ3) is 4.49. The van der Waals surface area contributed by atoms with E-state index in [1.54, 1.807) is 6.92 Å². The number of benzene rings is 1. The summed E-state index contributed by atoms with van der Waals surface area (Å²) in [6, 6.07) is 3.33. The van der Waals surface area contributed by atoms with Gasteiger partial charge in [-0.2, -0.15) is 13.2 Å². The van der Waals surface area contributed by atoms with Gasteiger partial charge in [-0.05, 0) is 18.6 Å². The van der Waals surface area contributed by atoms with Gasteiger partial charge in [0, 0.05) is 6.42 Å². The van der Waals surface area contributed by atoms with Crippen molar-refractivity contribution in [2.45, 2.75) is 38.4 Å². The number of fused-ring (bicyclic) bond motifs is 1. The standard InChI is InChI=1S/C16H17F3N2O4/c1-2-5-15(24)25-9-14(23)21-11-7-4-3-6-10(11)20-13(22)8-12(21)16(17,18)19/h3-4,6-7,12H,2,5,8-9H2,1H3,(H,20,22). The molecule has 2 amide bonds. The van der Waals surface area contributed by atoms with Crippen molar-refractivity contribution >= 4 is 29.2 Å². The highest BCUT2D eigenvalue weighted by Crippen LogP contribution is 2.37.